The number of benzene rings is 3. The number of nitrogens with zero attached hydrogens (tertiary/aromatic N) is 1. The van der Waals surface area contributed by atoms with Crippen LogP contribution >= 0.6 is 0 Å². The molecule has 3 N–H and O–H groups in total. The average molecular weight is 490 g/mol. The number of hydrogen-bond acceptors (Lipinski definition) is 4. The Balaban J connectivity index is 1.60. The number of aromatic hydroxyl groups is 1. The summed E-state index contributed by atoms with van der Waals surface area (Å²) in [6.45, 7) is 1.16. The molecular weight excluding hydrogens is 461 g/mol. The van der Waals surface area contributed by atoms with E-state index in [1.165, 1.54) is 24.3 Å². The van der Waals surface area contributed by atoms with Gasteiger partial charge in [-0.15, -0.1) is 0 Å². The third-order valence-electron chi connectivity index (χ3n) is 6.12. The molecule has 0 saturated heterocycles. The summed E-state index contributed by atoms with van der Waals surface area (Å²) < 4.78 is 14.7. The van der Waals surface area contributed by atoms with E-state index in [1.54, 1.807) is 41.3 Å². The highest BCUT2D eigenvalue weighted by atomic mass is 19.1. The van der Waals surface area contributed by atoms with Crippen molar-refractivity contribution >= 4 is 17.7 Å². The molecule has 1 aliphatic heterocycles. The van der Waals surface area contributed by atoms with Gasteiger partial charge in [-0.05, 0) is 60.9 Å². The van der Waals surface area contributed by atoms with Crippen molar-refractivity contribution < 1.29 is 23.9 Å². The van der Waals surface area contributed by atoms with Crippen LogP contribution in [0.1, 0.15) is 39.1 Å². The zero-order chi connectivity index (χ0) is 25.5. The number of amides is 3. The highest BCUT2D eigenvalue weighted by molar-refractivity contribution is 5.96. The molecule has 0 aliphatic carbocycles. The fourth-order valence-corrected chi connectivity index (χ4v) is 4.18. The predicted molar refractivity (Wildman–Crippen MR) is 134 cm³/mol. The summed E-state index contributed by atoms with van der Waals surface area (Å²) in [7, 11) is 0. The molecule has 3 aromatic rings. The van der Waals surface area contributed by atoms with Gasteiger partial charge in [0.05, 0.1) is 0 Å². The van der Waals surface area contributed by atoms with Crippen molar-refractivity contribution in [2.24, 2.45) is 0 Å². The number of nitrogens with one attached hydrogen (secondary N) is 2. The second kappa shape index (κ2) is 11.5. The number of halogens is 1. The maximum absolute atomic E-state index is 14.7. The quantitative estimate of drug-likeness (QED) is 0.487. The van der Waals surface area contributed by atoms with Crippen molar-refractivity contribution in [2.45, 2.75) is 19.3 Å². The monoisotopic (exact) mass is 489 g/mol. The first-order valence-electron chi connectivity index (χ1n) is 11.9. The lowest BCUT2D eigenvalue weighted by Gasteiger charge is -2.23. The molecule has 0 unspecified atom stereocenters. The van der Waals surface area contributed by atoms with Crippen LogP contribution in [0.4, 0.5) is 4.39 Å². The van der Waals surface area contributed by atoms with Crippen LogP contribution in [-0.2, 0) is 11.2 Å². The number of carbonyl (C=O) groups is 3. The van der Waals surface area contributed by atoms with Crippen molar-refractivity contribution in [2.75, 3.05) is 26.2 Å². The first kappa shape index (κ1) is 24.9. The van der Waals surface area contributed by atoms with Crippen molar-refractivity contribution in [3.8, 4) is 16.9 Å². The van der Waals surface area contributed by atoms with Crippen LogP contribution in [0.3, 0.4) is 0 Å². The van der Waals surface area contributed by atoms with E-state index in [9.17, 15) is 23.9 Å². The summed E-state index contributed by atoms with van der Waals surface area (Å²) in [6.07, 6.45) is 1.21. The molecule has 3 amide bonds. The molecule has 0 spiro atoms. The normalized spacial score (nSPS) is 15.3. The zero-order valence-corrected chi connectivity index (χ0v) is 19.8. The summed E-state index contributed by atoms with van der Waals surface area (Å²) >= 11 is 0. The molecule has 0 atom stereocenters. The topological polar surface area (TPSA) is 98.7 Å². The number of phenols is 1. The minimum atomic E-state index is -0.568. The van der Waals surface area contributed by atoms with Gasteiger partial charge < -0.3 is 20.6 Å². The van der Waals surface area contributed by atoms with Gasteiger partial charge >= 0.3 is 0 Å². The summed E-state index contributed by atoms with van der Waals surface area (Å²) in [5.41, 5.74) is 1.95. The lowest BCUT2D eigenvalue weighted by atomic mass is 9.98. The zero-order valence-electron chi connectivity index (χ0n) is 19.8. The van der Waals surface area contributed by atoms with Gasteiger partial charge in [0.25, 0.3) is 11.8 Å². The third-order valence-corrected chi connectivity index (χ3v) is 6.12. The summed E-state index contributed by atoms with van der Waals surface area (Å²) in [4.78, 5) is 39.8. The van der Waals surface area contributed by atoms with Gasteiger partial charge in [0, 0.05) is 54.9 Å². The SMILES string of the molecule is O=C1CCCN(C(=O)c2ccccc2)CCNC(=O)c2ccc(F)c(c2)-c2cc(ccc2O)CCN1. The second-order valence-electron chi connectivity index (χ2n) is 8.66. The van der Waals surface area contributed by atoms with Gasteiger partial charge in [-0.25, -0.2) is 4.39 Å². The highest BCUT2D eigenvalue weighted by Gasteiger charge is 2.18. The number of rotatable bonds is 1. The van der Waals surface area contributed by atoms with Crippen LogP contribution < -0.4 is 10.6 Å². The van der Waals surface area contributed by atoms with Crippen molar-refractivity contribution in [1.82, 2.24) is 15.5 Å². The highest BCUT2D eigenvalue weighted by Crippen LogP contribution is 2.33. The first-order valence-corrected chi connectivity index (χ1v) is 11.9. The van der Waals surface area contributed by atoms with Crippen molar-refractivity contribution in [3.05, 3.63) is 89.2 Å². The number of carbonyl (C=O) groups excluding carboxylic acids is 3. The van der Waals surface area contributed by atoms with Gasteiger partial charge in [-0.2, -0.15) is 0 Å². The van der Waals surface area contributed by atoms with Gasteiger partial charge in [-0.1, -0.05) is 24.3 Å². The van der Waals surface area contributed by atoms with Crippen molar-refractivity contribution in [1.29, 1.82) is 0 Å². The Morgan fingerprint density at radius 1 is 0.861 bits per heavy atom. The molecular formula is C28H28FN3O4. The Morgan fingerprint density at radius 2 is 1.67 bits per heavy atom. The van der Waals surface area contributed by atoms with Crippen molar-refractivity contribution in [3.63, 3.8) is 0 Å². The van der Waals surface area contributed by atoms with Crippen LogP contribution in [0.25, 0.3) is 11.1 Å². The maximum atomic E-state index is 14.7. The minimum Gasteiger partial charge on any atom is -0.507 e. The standard InChI is InChI=1S/C28H28FN3O4/c29-24-10-9-21-18-22(24)23-17-19(8-11-25(23)33)12-13-30-26(34)7-4-15-32(16-14-31-27(21)35)28(36)20-5-2-1-3-6-20/h1-3,5-6,8-11,17-18,33H,4,7,12-16H2,(H,30,34)(H,31,35). The van der Waals surface area contributed by atoms with Crippen LogP contribution in [-0.4, -0.2) is 53.9 Å². The lowest BCUT2D eigenvalue weighted by Crippen LogP contribution is -2.39. The molecule has 36 heavy (non-hydrogen) atoms. The van der Waals surface area contributed by atoms with Gasteiger partial charge in [0.1, 0.15) is 11.6 Å². The van der Waals surface area contributed by atoms with E-state index < -0.39 is 11.7 Å². The Bertz CT molecular complexity index is 1260. The summed E-state index contributed by atoms with van der Waals surface area (Å²) in [6, 6.07) is 17.7. The maximum Gasteiger partial charge on any atom is 0.253 e. The molecule has 0 radical (unpaired) electrons. The second-order valence-corrected chi connectivity index (χ2v) is 8.66. The molecule has 1 heterocycles. The molecule has 4 bridgehead atoms. The lowest BCUT2D eigenvalue weighted by molar-refractivity contribution is -0.121. The van der Waals surface area contributed by atoms with Gasteiger partial charge in [-0.3, -0.25) is 14.4 Å². The molecule has 1 aliphatic rings. The number of phenolic OH excluding ortho intramolecular Hbond substituents is 1. The Morgan fingerprint density at radius 3 is 2.47 bits per heavy atom. The molecule has 186 valence electrons. The third kappa shape index (κ3) is 6.07. The Labute approximate surface area is 208 Å². The van der Waals surface area contributed by atoms with E-state index in [0.717, 1.165) is 5.56 Å². The number of hydrogen-bond donors (Lipinski definition) is 3. The fourth-order valence-electron chi connectivity index (χ4n) is 4.18. The molecule has 4 rings (SSSR count). The molecule has 8 heteroatoms. The number of fused-ring (bicyclic) bond motifs is 5. The first-order chi connectivity index (χ1) is 17.4. The Kier molecular flexibility index (Phi) is 7.95. The molecule has 3 aromatic carbocycles. The van der Waals surface area contributed by atoms with Crippen LogP contribution in [0.5, 0.6) is 5.75 Å². The average Bonchev–Trinajstić information content (AvgIpc) is 2.88. The summed E-state index contributed by atoms with van der Waals surface area (Å²) in [5.74, 6) is -1.41. The van der Waals surface area contributed by atoms with Crippen LogP contribution in [0, 0.1) is 5.82 Å². The fraction of sp³-hybridized carbons (Fsp3) is 0.250. The van der Waals surface area contributed by atoms with Gasteiger partial charge in [0.15, 0.2) is 0 Å². The van der Waals surface area contributed by atoms with E-state index in [2.05, 4.69) is 10.6 Å². The smallest absolute Gasteiger partial charge is 0.253 e. The van der Waals surface area contributed by atoms with E-state index >= 15 is 0 Å². The largest absolute Gasteiger partial charge is 0.507 e. The van der Waals surface area contributed by atoms with E-state index in [1.807, 2.05) is 6.07 Å². The molecule has 0 saturated carbocycles. The molecule has 0 aromatic heterocycles. The Hall–Kier alpha value is -4.20. The van der Waals surface area contributed by atoms with E-state index in [4.69, 9.17) is 0 Å². The predicted octanol–water partition coefficient (Wildman–Crippen LogP) is 3.52. The molecule has 0 fully saturated rings. The van der Waals surface area contributed by atoms with E-state index in [-0.39, 0.29) is 53.8 Å². The van der Waals surface area contributed by atoms with E-state index in [0.29, 0.717) is 31.5 Å². The molecule has 7 nitrogen and oxygen atoms in total. The van der Waals surface area contributed by atoms with Crippen LogP contribution in [0.2, 0.25) is 0 Å². The summed E-state index contributed by atoms with van der Waals surface area (Å²) in [5, 5.41) is 16.0. The van der Waals surface area contributed by atoms with Crippen LogP contribution in [0.15, 0.2) is 66.7 Å². The van der Waals surface area contributed by atoms with Gasteiger partial charge in [0.2, 0.25) is 5.91 Å². The minimum absolute atomic E-state index is 0.105.